The number of rotatable bonds is 2. The second kappa shape index (κ2) is 4.10. The highest BCUT2D eigenvalue weighted by Crippen LogP contribution is 2.30. The van der Waals surface area contributed by atoms with Crippen molar-refractivity contribution in [1.29, 1.82) is 5.41 Å². The van der Waals surface area contributed by atoms with Gasteiger partial charge in [-0.1, -0.05) is 29.9 Å². The summed E-state index contributed by atoms with van der Waals surface area (Å²) in [4.78, 5) is 0. The Kier molecular flexibility index (Phi) is 3.35. The summed E-state index contributed by atoms with van der Waals surface area (Å²) in [5, 5.41) is 8.80. The van der Waals surface area contributed by atoms with Crippen molar-refractivity contribution in [3.63, 3.8) is 0 Å². The van der Waals surface area contributed by atoms with Crippen molar-refractivity contribution in [2.24, 2.45) is 5.92 Å². The quantitative estimate of drug-likeness (QED) is 0.544. The maximum absolute atomic E-state index is 13.3. The van der Waals surface area contributed by atoms with Gasteiger partial charge in [0.05, 0.1) is 0 Å². The lowest BCUT2D eigenvalue weighted by Crippen LogP contribution is -2.27. The number of thiocarbonyl (C=S) groups is 1. The van der Waals surface area contributed by atoms with Gasteiger partial charge in [0.25, 0.3) is 0 Å². The minimum atomic E-state index is -1.23. The molecule has 2 atom stereocenters. The molecule has 0 saturated heterocycles. The summed E-state index contributed by atoms with van der Waals surface area (Å²) in [6, 6.07) is 0. The zero-order valence-corrected chi connectivity index (χ0v) is 7.96. The minimum absolute atomic E-state index is 0.170. The fraction of sp³-hybridized carbons (Fsp3) is 0.500. The van der Waals surface area contributed by atoms with Crippen LogP contribution in [0.5, 0.6) is 0 Å². The van der Waals surface area contributed by atoms with Crippen LogP contribution < -0.4 is 0 Å². The van der Waals surface area contributed by atoms with E-state index in [-0.39, 0.29) is 10.7 Å². The molecule has 12 heavy (non-hydrogen) atoms. The largest absolute Gasteiger partial charge is 0.304 e. The van der Waals surface area contributed by atoms with E-state index < -0.39 is 12.1 Å². The predicted molar refractivity (Wildman–Crippen MR) is 52.9 cm³/mol. The van der Waals surface area contributed by atoms with Gasteiger partial charge in [-0.05, 0) is 12.8 Å². The SMILES string of the molecule is N=C(C=S)C1CCC=C(Cl)C1F. The number of alkyl halides is 1. The summed E-state index contributed by atoms with van der Waals surface area (Å²) >= 11 is 10.2. The third kappa shape index (κ3) is 1.90. The molecule has 1 aliphatic carbocycles. The van der Waals surface area contributed by atoms with Gasteiger partial charge in [-0.15, -0.1) is 0 Å². The smallest absolute Gasteiger partial charge is 0.144 e. The van der Waals surface area contributed by atoms with Crippen molar-refractivity contribution in [2.75, 3.05) is 0 Å². The third-order valence-electron chi connectivity index (χ3n) is 1.96. The van der Waals surface area contributed by atoms with E-state index in [0.717, 1.165) is 6.42 Å². The zero-order valence-electron chi connectivity index (χ0n) is 6.39. The molecule has 1 nitrogen and oxygen atoms in total. The fourth-order valence-corrected chi connectivity index (χ4v) is 1.69. The van der Waals surface area contributed by atoms with Gasteiger partial charge < -0.3 is 5.41 Å². The molecule has 0 aromatic rings. The standard InChI is InChI=1S/C8H9ClFNS/c9-6-3-1-2-5(8(6)10)7(11)4-12/h3-5,8,11H,1-2H2. The van der Waals surface area contributed by atoms with E-state index in [0.29, 0.717) is 6.42 Å². The summed E-state index contributed by atoms with van der Waals surface area (Å²) in [5.74, 6) is -0.431. The van der Waals surface area contributed by atoms with Crippen LogP contribution >= 0.6 is 23.8 Å². The van der Waals surface area contributed by atoms with Crippen LogP contribution in [0.3, 0.4) is 0 Å². The van der Waals surface area contributed by atoms with E-state index in [1.165, 1.54) is 5.37 Å². The van der Waals surface area contributed by atoms with Gasteiger partial charge in [-0.2, -0.15) is 0 Å². The Morgan fingerprint density at radius 1 is 1.83 bits per heavy atom. The number of nitrogens with one attached hydrogen (secondary N) is 1. The van der Waals surface area contributed by atoms with Gasteiger partial charge in [0, 0.05) is 22.0 Å². The molecule has 0 heterocycles. The van der Waals surface area contributed by atoms with Crippen molar-refractivity contribution in [1.82, 2.24) is 0 Å². The lowest BCUT2D eigenvalue weighted by atomic mass is 9.89. The summed E-state index contributed by atoms with van der Waals surface area (Å²) in [5.41, 5.74) is 0.170. The molecule has 0 amide bonds. The van der Waals surface area contributed by atoms with Gasteiger partial charge in [0.2, 0.25) is 0 Å². The summed E-state index contributed by atoms with van der Waals surface area (Å²) < 4.78 is 13.3. The normalized spacial score (nSPS) is 29.3. The first-order valence-corrected chi connectivity index (χ1v) is 4.55. The van der Waals surface area contributed by atoms with E-state index in [1.54, 1.807) is 6.08 Å². The average Bonchev–Trinajstić information content (AvgIpc) is 2.08. The van der Waals surface area contributed by atoms with Crippen LogP contribution in [0.15, 0.2) is 11.1 Å². The Hall–Kier alpha value is -0.280. The van der Waals surface area contributed by atoms with Crippen LogP contribution in [-0.2, 0) is 0 Å². The molecule has 0 aromatic heterocycles. The van der Waals surface area contributed by atoms with Crippen LogP contribution in [0.1, 0.15) is 12.8 Å². The average molecular weight is 206 g/mol. The molecule has 1 rings (SSSR count). The Bertz CT molecular complexity index is 239. The highest BCUT2D eigenvalue weighted by Gasteiger charge is 2.29. The van der Waals surface area contributed by atoms with E-state index in [9.17, 15) is 4.39 Å². The molecule has 2 unspecified atom stereocenters. The molecular formula is C8H9ClFNS. The molecule has 0 spiro atoms. The maximum atomic E-state index is 13.3. The topological polar surface area (TPSA) is 23.9 Å². The third-order valence-corrected chi connectivity index (χ3v) is 2.58. The lowest BCUT2D eigenvalue weighted by Gasteiger charge is -2.22. The number of hydrogen-bond acceptors (Lipinski definition) is 2. The maximum Gasteiger partial charge on any atom is 0.144 e. The molecule has 1 aliphatic rings. The molecule has 0 aromatic carbocycles. The molecule has 0 fully saturated rings. The molecule has 66 valence electrons. The second-order valence-corrected chi connectivity index (χ2v) is 3.42. The fourth-order valence-electron chi connectivity index (χ4n) is 1.25. The molecule has 0 saturated carbocycles. The minimum Gasteiger partial charge on any atom is -0.304 e. The number of hydrogen-bond donors (Lipinski definition) is 1. The molecule has 0 bridgehead atoms. The zero-order chi connectivity index (χ0) is 9.14. The van der Waals surface area contributed by atoms with Crippen molar-refractivity contribution in [3.8, 4) is 0 Å². The van der Waals surface area contributed by atoms with Crippen molar-refractivity contribution in [3.05, 3.63) is 11.1 Å². The highest BCUT2D eigenvalue weighted by molar-refractivity contribution is 7.80. The van der Waals surface area contributed by atoms with E-state index in [4.69, 9.17) is 17.0 Å². The first-order valence-electron chi connectivity index (χ1n) is 3.70. The van der Waals surface area contributed by atoms with E-state index in [1.807, 2.05) is 0 Å². The van der Waals surface area contributed by atoms with Gasteiger partial charge in [0.1, 0.15) is 6.17 Å². The molecular weight excluding hydrogens is 197 g/mol. The molecule has 0 aliphatic heterocycles. The highest BCUT2D eigenvalue weighted by atomic mass is 35.5. The Balaban J connectivity index is 2.75. The van der Waals surface area contributed by atoms with Crippen LogP contribution in [0.25, 0.3) is 0 Å². The second-order valence-electron chi connectivity index (χ2n) is 2.75. The van der Waals surface area contributed by atoms with Crippen LogP contribution in [0, 0.1) is 11.3 Å². The summed E-state index contributed by atoms with van der Waals surface area (Å²) in [7, 11) is 0. The van der Waals surface area contributed by atoms with Crippen molar-refractivity contribution < 1.29 is 4.39 Å². The first-order chi connectivity index (χ1) is 5.66. The summed E-state index contributed by atoms with van der Waals surface area (Å²) in [6.45, 7) is 0. The Morgan fingerprint density at radius 2 is 2.50 bits per heavy atom. The van der Waals surface area contributed by atoms with Crippen molar-refractivity contribution >= 4 is 34.9 Å². The van der Waals surface area contributed by atoms with Crippen LogP contribution in [-0.4, -0.2) is 17.3 Å². The van der Waals surface area contributed by atoms with Crippen LogP contribution in [0.4, 0.5) is 4.39 Å². The lowest BCUT2D eigenvalue weighted by molar-refractivity contribution is 0.309. The van der Waals surface area contributed by atoms with Gasteiger partial charge >= 0.3 is 0 Å². The molecule has 4 heteroatoms. The Morgan fingerprint density at radius 3 is 3.08 bits per heavy atom. The molecule has 0 radical (unpaired) electrons. The first kappa shape index (κ1) is 9.81. The summed E-state index contributed by atoms with van der Waals surface area (Å²) in [6.07, 6.45) is 1.80. The number of halogens is 2. The van der Waals surface area contributed by atoms with Gasteiger partial charge in [0.15, 0.2) is 0 Å². The number of allylic oxidation sites excluding steroid dienone is 2. The predicted octanol–water partition coefficient (Wildman–Crippen LogP) is 2.88. The molecule has 1 N–H and O–H groups in total. The van der Waals surface area contributed by atoms with Gasteiger partial charge in [-0.3, -0.25) is 0 Å². The Labute approximate surface area is 81.1 Å². The van der Waals surface area contributed by atoms with E-state index >= 15 is 0 Å². The monoisotopic (exact) mass is 205 g/mol. The van der Waals surface area contributed by atoms with Crippen molar-refractivity contribution in [2.45, 2.75) is 19.0 Å². The van der Waals surface area contributed by atoms with Crippen LogP contribution in [0.2, 0.25) is 0 Å². The van der Waals surface area contributed by atoms with E-state index in [2.05, 4.69) is 12.2 Å². The van der Waals surface area contributed by atoms with Gasteiger partial charge in [-0.25, -0.2) is 4.39 Å².